The molecule has 2 aromatic carbocycles. The van der Waals surface area contributed by atoms with Crippen molar-refractivity contribution in [2.24, 2.45) is 5.73 Å². The molecule has 0 bridgehead atoms. The second kappa shape index (κ2) is 7.02. The lowest BCUT2D eigenvalue weighted by Gasteiger charge is -2.28. The van der Waals surface area contributed by atoms with Crippen molar-refractivity contribution < 1.29 is 9.13 Å². The lowest BCUT2D eigenvalue weighted by atomic mass is 9.79. The summed E-state index contributed by atoms with van der Waals surface area (Å²) in [5.74, 6) is -0.0622. The monoisotopic (exact) mass is 377 g/mol. The molecule has 23 heavy (non-hydrogen) atoms. The van der Waals surface area contributed by atoms with E-state index in [9.17, 15) is 4.39 Å². The van der Waals surface area contributed by atoms with E-state index >= 15 is 0 Å². The van der Waals surface area contributed by atoms with Gasteiger partial charge in [-0.05, 0) is 52.0 Å². The minimum atomic E-state index is -0.329. The normalized spacial score (nSPS) is 16.5. The second-order valence-electron chi connectivity index (χ2n) is 6.23. The molecule has 3 rings (SSSR count). The first kappa shape index (κ1) is 16.5. The molecule has 122 valence electrons. The number of hydrogen-bond acceptors (Lipinski definition) is 2. The standard InChI is InChI=1S/C19H21BrFNO/c20-16-10-15(19(13-22)8-4-5-9-19)11-17(21)18(16)23-12-14-6-2-1-3-7-14/h1-3,6-7,10-11H,4-5,8-9,12-13,22H2. The van der Waals surface area contributed by atoms with Crippen molar-refractivity contribution in [3.63, 3.8) is 0 Å². The van der Waals surface area contributed by atoms with Crippen LogP contribution in [0.5, 0.6) is 5.75 Å². The maximum atomic E-state index is 14.6. The van der Waals surface area contributed by atoms with Crippen LogP contribution in [0.25, 0.3) is 0 Å². The van der Waals surface area contributed by atoms with Gasteiger partial charge in [0.2, 0.25) is 0 Å². The minimum absolute atomic E-state index is 0.0820. The molecule has 0 atom stereocenters. The van der Waals surface area contributed by atoms with Crippen molar-refractivity contribution >= 4 is 15.9 Å². The highest BCUT2D eigenvalue weighted by Crippen LogP contribution is 2.43. The van der Waals surface area contributed by atoms with Gasteiger partial charge < -0.3 is 10.5 Å². The fraction of sp³-hybridized carbons (Fsp3) is 0.368. The van der Waals surface area contributed by atoms with Crippen LogP contribution in [-0.2, 0) is 12.0 Å². The van der Waals surface area contributed by atoms with Crippen molar-refractivity contribution in [2.45, 2.75) is 37.7 Å². The van der Waals surface area contributed by atoms with E-state index in [-0.39, 0.29) is 17.0 Å². The zero-order valence-electron chi connectivity index (χ0n) is 13.0. The van der Waals surface area contributed by atoms with Crippen molar-refractivity contribution in [3.05, 3.63) is 63.9 Å². The number of benzene rings is 2. The zero-order valence-corrected chi connectivity index (χ0v) is 14.6. The predicted molar refractivity (Wildman–Crippen MR) is 94.1 cm³/mol. The summed E-state index contributed by atoms with van der Waals surface area (Å²) in [4.78, 5) is 0. The molecule has 1 fully saturated rings. The summed E-state index contributed by atoms with van der Waals surface area (Å²) >= 11 is 3.47. The van der Waals surface area contributed by atoms with E-state index in [1.807, 2.05) is 36.4 Å². The molecule has 1 aliphatic rings. The maximum Gasteiger partial charge on any atom is 0.169 e. The summed E-state index contributed by atoms with van der Waals surface area (Å²) in [6, 6.07) is 13.3. The molecule has 0 aliphatic heterocycles. The summed E-state index contributed by atoms with van der Waals surface area (Å²) in [6.07, 6.45) is 4.37. The smallest absolute Gasteiger partial charge is 0.169 e. The minimum Gasteiger partial charge on any atom is -0.485 e. The van der Waals surface area contributed by atoms with Crippen molar-refractivity contribution in [3.8, 4) is 5.75 Å². The van der Waals surface area contributed by atoms with Crippen LogP contribution in [-0.4, -0.2) is 6.54 Å². The summed E-state index contributed by atoms with van der Waals surface area (Å²) < 4.78 is 20.9. The Morgan fingerprint density at radius 2 is 1.83 bits per heavy atom. The van der Waals surface area contributed by atoms with Gasteiger partial charge in [0.25, 0.3) is 0 Å². The van der Waals surface area contributed by atoms with Gasteiger partial charge in [-0.25, -0.2) is 4.39 Å². The first-order chi connectivity index (χ1) is 11.1. The molecule has 1 saturated carbocycles. The number of rotatable bonds is 5. The Morgan fingerprint density at radius 3 is 2.43 bits per heavy atom. The van der Waals surface area contributed by atoms with Gasteiger partial charge in [-0.3, -0.25) is 0 Å². The van der Waals surface area contributed by atoms with Gasteiger partial charge in [0.15, 0.2) is 11.6 Å². The molecular weight excluding hydrogens is 357 g/mol. The fourth-order valence-corrected chi connectivity index (χ4v) is 3.95. The predicted octanol–water partition coefficient (Wildman–Crippen LogP) is 4.94. The largest absolute Gasteiger partial charge is 0.485 e. The van der Waals surface area contributed by atoms with Gasteiger partial charge in [-0.1, -0.05) is 43.2 Å². The van der Waals surface area contributed by atoms with E-state index in [4.69, 9.17) is 10.5 Å². The van der Waals surface area contributed by atoms with Crippen LogP contribution < -0.4 is 10.5 Å². The van der Waals surface area contributed by atoms with Crippen molar-refractivity contribution in [2.75, 3.05) is 6.54 Å². The average molecular weight is 378 g/mol. The van der Waals surface area contributed by atoms with Crippen LogP contribution in [0, 0.1) is 5.82 Å². The molecule has 0 amide bonds. The molecule has 0 heterocycles. The first-order valence-electron chi connectivity index (χ1n) is 8.01. The third-order valence-electron chi connectivity index (χ3n) is 4.79. The number of nitrogens with two attached hydrogens (primary N) is 1. The highest BCUT2D eigenvalue weighted by atomic mass is 79.9. The Labute approximate surface area is 145 Å². The maximum absolute atomic E-state index is 14.6. The molecule has 2 N–H and O–H groups in total. The number of halogens is 2. The van der Waals surface area contributed by atoms with Crippen LogP contribution in [0.1, 0.15) is 36.8 Å². The molecule has 2 aromatic rings. The van der Waals surface area contributed by atoms with E-state index in [1.54, 1.807) is 6.07 Å². The summed E-state index contributed by atoms with van der Waals surface area (Å²) in [5.41, 5.74) is 7.91. The molecule has 0 spiro atoms. The van der Waals surface area contributed by atoms with Crippen LogP contribution in [0.2, 0.25) is 0 Å². The van der Waals surface area contributed by atoms with Crippen molar-refractivity contribution in [1.82, 2.24) is 0 Å². The number of ether oxygens (including phenoxy) is 1. The Bertz CT molecular complexity index is 645. The van der Waals surface area contributed by atoms with Gasteiger partial charge in [-0.2, -0.15) is 0 Å². The summed E-state index contributed by atoms with van der Waals surface area (Å²) in [6.45, 7) is 0.904. The van der Waals surface area contributed by atoms with Crippen LogP contribution in [0.3, 0.4) is 0 Å². The quantitative estimate of drug-likeness (QED) is 0.800. The first-order valence-corrected chi connectivity index (χ1v) is 8.80. The summed E-state index contributed by atoms with van der Waals surface area (Å²) in [5, 5.41) is 0. The Morgan fingerprint density at radius 1 is 1.13 bits per heavy atom. The molecule has 0 aromatic heterocycles. The highest BCUT2D eigenvalue weighted by molar-refractivity contribution is 9.10. The zero-order chi connectivity index (χ0) is 16.3. The third-order valence-corrected chi connectivity index (χ3v) is 5.38. The van der Waals surface area contributed by atoms with E-state index in [0.29, 0.717) is 17.6 Å². The lowest BCUT2D eigenvalue weighted by molar-refractivity contribution is 0.287. The molecular formula is C19H21BrFNO. The third kappa shape index (κ3) is 3.43. The highest BCUT2D eigenvalue weighted by Gasteiger charge is 2.35. The van der Waals surface area contributed by atoms with Gasteiger partial charge in [0.1, 0.15) is 6.61 Å². The van der Waals surface area contributed by atoms with Gasteiger partial charge in [-0.15, -0.1) is 0 Å². The molecule has 1 aliphatic carbocycles. The van der Waals surface area contributed by atoms with E-state index in [1.165, 1.54) is 0 Å². The fourth-order valence-electron chi connectivity index (χ4n) is 3.40. The Balaban J connectivity index is 1.83. The van der Waals surface area contributed by atoms with E-state index in [2.05, 4.69) is 15.9 Å². The van der Waals surface area contributed by atoms with Crippen LogP contribution in [0.4, 0.5) is 4.39 Å². The van der Waals surface area contributed by atoms with E-state index < -0.39 is 0 Å². The topological polar surface area (TPSA) is 35.2 Å². The average Bonchev–Trinajstić information content (AvgIpc) is 3.05. The molecule has 0 saturated heterocycles. The second-order valence-corrected chi connectivity index (χ2v) is 7.09. The lowest BCUT2D eigenvalue weighted by Crippen LogP contribution is -2.32. The molecule has 0 unspecified atom stereocenters. The number of hydrogen-bond donors (Lipinski definition) is 1. The van der Waals surface area contributed by atoms with Gasteiger partial charge in [0, 0.05) is 12.0 Å². The van der Waals surface area contributed by atoms with E-state index in [0.717, 1.165) is 36.8 Å². The Kier molecular flexibility index (Phi) is 5.02. The molecule has 0 radical (unpaired) electrons. The van der Waals surface area contributed by atoms with Crippen molar-refractivity contribution in [1.29, 1.82) is 0 Å². The summed E-state index contributed by atoms with van der Waals surface area (Å²) in [7, 11) is 0. The Hall–Kier alpha value is -1.39. The SMILES string of the molecule is NCC1(c2cc(F)c(OCc3ccccc3)c(Br)c2)CCCC1. The van der Waals surface area contributed by atoms with Gasteiger partial charge in [0.05, 0.1) is 4.47 Å². The molecule has 2 nitrogen and oxygen atoms in total. The molecule has 4 heteroatoms. The van der Waals surface area contributed by atoms with Crippen LogP contribution >= 0.6 is 15.9 Å². The van der Waals surface area contributed by atoms with Gasteiger partial charge >= 0.3 is 0 Å². The van der Waals surface area contributed by atoms with Crippen LogP contribution in [0.15, 0.2) is 46.9 Å².